The minimum Gasteiger partial charge on any atom is -0.355 e. The number of nitrogens with zero attached hydrogens (tertiary/aromatic N) is 1. The molecule has 0 aliphatic heterocycles. The van der Waals surface area contributed by atoms with Crippen LogP contribution in [-0.4, -0.2) is 23.3 Å². The van der Waals surface area contributed by atoms with E-state index in [0.29, 0.717) is 24.0 Å². The van der Waals surface area contributed by atoms with E-state index in [0.717, 1.165) is 42.7 Å². The van der Waals surface area contributed by atoms with E-state index in [4.69, 9.17) is 0 Å². The zero-order valence-corrected chi connectivity index (χ0v) is 15.9. The maximum atomic E-state index is 12.9. The third kappa shape index (κ3) is 3.17. The molecule has 4 bridgehead atoms. The first-order valence-corrected chi connectivity index (χ1v) is 11.0. The lowest BCUT2D eigenvalue weighted by Crippen LogP contribution is -2.53. The van der Waals surface area contributed by atoms with Crippen molar-refractivity contribution in [2.45, 2.75) is 63.7 Å². The number of hydrogen-bond acceptors (Lipinski definition) is 4. The molecule has 5 aliphatic rings. The minimum atomic E-state index is -0.125. The van der Waals surface area contributed by atoms with Crippen LogP contribution in [0.2, 0.25) is 0 Å². The highest BCUT2D eigenvalue weighted by Gasteiger charge is 2.54. The minimum absolute atomic E-state index is 0.0625. The number of nitrogens with one attached hydrogen (secondary N) is 2. The molecule has 0 unspecified atom stereocenters. The Kier molecular flexibility index (Phi) is 4.07. The van der Waals surface area contributed by atoms with Gasteiger partial charge in [-0.3, -0.25) is 9.59 Å². The Balaban J connectivity index is 1.10. The summed E-state index contributed by atoms with van der Waals surface area (Å²) in [5.41, 5.74) is 0.986. The Hall–Kier alpha value is -1.43. The van der Waals surface area contributed by atoms with Crippen molar-refractivity contribution >= 4 is 28.3 Å². The molecule has 5 nitrogen and oxygen atoms in total. The molecule has 26 heavy (non-hydrogen) atoms. The Morgan fingerprint density at radius 3 is 2.38 bits per heavy atom. The van der Waals surface area contributed by atoms with Gasteiger partial charge in [-0.15, -0.1) is 11.3 Å². The summed E-state index contributed by atoms with van der Waals surface area (Å²) in [7, 11) is 0. The molecule has 0 spiro atoms. The number of rotatable bonds is 6. The Morgan fingerprint density at radius 2 is 1.77 bits per heavy atom. The molecule has 5 saturated carbocycles. The molecule has 1 heterocycles. The van der Waals surface area contributed by atoms with Gasteiger partial charge in [0.25, 0.3) is 0 Å². The van der Waals surface area contributed by atoms with Crippen LogP contribution in [0.25, 0.3) is 0 Å². The quantitative estimate of drug-likeness (QED) is 0.799. The summed E-state index contributed by atoms with van der Waals surface area (Å²) in [5, 5.41) is 8.67. The van der Waals surface area contributed by atoms with Gasteiger partial charge in [-0.25, -0.2) is 4.98 Å². The summed E-state index contributed by atoms with van der Waals surface area (Å²) < 4.78 is 0. The monoisotopic (exact) mass is 373 g/mol. The molecular formula is C20H27N3O2S. The number of carbonyl (C=O) groups is 2. The number of thiazole rings is 1. The highest BCUT2D eigenvalue weighted by Crippen LogP contribution is 2.60. The molecule has 2 N–H and O–H groups in total. The van der Waals surface area contributed by atoms with Crippen molar-refractivity contribution in [1.29, 1.82) is 0 Å². The van der Waals surface area contributed by atoms with E-state index in [9.17, 15) is 9.59 Å². The number of aromatic nitrogens is 1. The summed E-state index contributed by atoms with van der Waals surface area (Å²) in [6, 6.07) is 0. The molecule has 140 valence electrons. The van der Waals surface area contributed by atoms with Gasteiger partial charge >= 0.3 is 0 Å². The van der Waals surface area contributed by atoms with Crippen LogP contribution in [0.15, 0.2) is 5.38 Å². The van der Waals surface area contributed by atoms with Gasteiger partial charge in [-0.05, 0) is 69.1 Å². The lowest BCUT2D eigenvalue weighted by atomic mass is 9.49. The van der Waals surface area contributed by atoms with Crippen molar-refractivity contribution in [3.05, 3.63) is 11.1 Å². The predicted molar refractivity (Wildman–Crippen MR) is 101 cm³/mol. The molecule has 0 aromatic carbocycles. The maximum Gasteiger partial charge on any atom is 0.227 e. The zero-order chi connectivity index (χ0) is 17.7. The SMILES string of the molecule is O=C(CCNC(=O)C12CC3CC(CC(C3)C1)C2)Nc1nc(C2CC2)cs1. The number of amides is 2. The fourth-order valence-corrected chi connectivity index (χ4v) is 6.77. The Labute approximate surface area is 158 Å². The fourth-order valence-electron chi connectivity index (χ4n) is 5.96. The van der Waals surface area contributed by atoms with Gasteiger partial charge in [-0.2, -0.15) is 0 Å². The number of hydrogen-bond donors (Lipinski definition) is 2. The molecule has 5 fully saturated rings. The van der Waals surface area contributed by atoms with Crippen LogP contribution in [0.3, 0.4) is 0 Å². The van der Waals surface area contributed by atoms with E-state index >= 15 is 0 Å². The van der Waals surface area contributed by atoms with E-state index in [1.165, 1.54) is 43.4 Å². The largest absolute Gasteiger partial charge is 0.355 e. The molecule has 5 aliphatic carbocycles. The highest BCUT2D eigenvalue weighted by atomic mass is 32.1. The Morgan fingerprint density at radius 1 is 1.12 bits per heavy atom. The second-order valence-electron chi connectivity index (χ2n) is 9.10. The molecule has 1 aromatic heterocycles. The topological polar surface area (TPSA) is 71.1 Å². The first-order valence-electron chi connectivity index (χ1n) is 10.1. The van der Waals surface area contributed by atoms with Crippen LogP contribution >= 0.6 is 11.3 Å². The molecule has 6 rings (SSSR count). The summed E-state index contributed by atoms with van der Waals surface area (Å²) >= 11 is 1.49. The van der Waals surface area contributed by atoms with E-state index < -0.39 is 0 Å². The van der Waals surface area contributed by atoms with Crippen molar-refractivity contribution in [1.82, 2.24) is 10.3 Å². The normalized spacial score (nSPS) is 34.7. The van der Waals surface area contributed by atoms with Gasteiger partial charge in [0.1, 0.15) is 0 Å². The van der Waals surface area contributed by atoms with Gasteiger partial charge in [0.2, 0.25) is 11.8 Å². The lowest BCUT2D eigenvalue weighted by molar-refractivity contribution is -0.146. The molecule has 2 amide bonds. The second kappa shape index (κ2) is 6.32. The van der Waals surface area contributed by atoms with Crippen molar-refractivity contribution in [2.24, 2.45) is 23.2 Å². The number of carbonyl (C=O) groups excluding carboxylic acids is 2. The average Bonchev–Trinajstić information content (AvgIpc) is 3.33. The summed E-state index contributed by atoms with van der Waals surface area (Å²) in [6.45, 7) is 0.424. The number of anilines is 1. The second-order valence-corrected chi connectivity index (χ2v) is 9.96. The standard InChI is InChI=1S/C20H27N3O2S/c24-17(23-19-22-16(11-26-19)15-1-2-15)3-4-21-18(25)20-8-12-5-13(9-20)7-14(6-12)10-20/h11-15H,1-10H2,(H,21,25)(H,22,23,24). The van der Waals surface area contributed by atoms with Gasteiger partial charge in [-0.1, -0.05) is 0 Å². The zero-order valence-electron chi connectivity index (χ0n) is 15.1. The van der Waals surface area contributed by atoms with Crippen LogP contribution in [0.4, 0.5) is 5.13 Å². The van der Waals surface area contributed by atoms with E-state index in [1.807, 2.05) is 5.38 Å². The molecule has 0 saturated heterocycles. The summed E-state index contributed by atoms with van der Waals surface area (Å²) in [6.07, 6.45) is 9.97. The van der Waals surface area contributed by atoms with Crippen molar-refractivity contribution in [3.8, 4) is 0 Å². The van der Waals surface area contributed by atoms with Gasteiger partial charge in [0, 0.05) is 29.7 Å². The molecular weight excluding hydrogens is 346 g/mol. The lowest BCUT2D eigenvalue weighted by Gasteiger charge is -2.55. The van der Waals surface area contributed by atoms with Gasteiger partial charge in [0.15, 0.2) is 5.13 Å². The average molecular weight is 374 g/mol. The third-order valence-corrected chi connectivity index (χ3v) is 7.70. The maximum absolute atomic E-state index is 12.9. The first kappa shape index (κ1) is 16.7. The highest BCUT2D eigenvalue weighted by molar-refractivity contribution is 7.13. The van der Waals surface area contributed by atoms with Crippen LogP contribution in [0.1, 0.15) is 69.4 Å². The summed E-state index contributed by atoms with van der Waals surface area (Å²) in [5.74, 6) is 3.04. The van der Waals surface area contributed by atoms with E-state index in [-0.39, 0.29) is 17.2 Å². The predicted octanol–water partition coefficient (Wildman–Crippen LogP) is 3.68. The van der Waals surface area contributed by atoms with Crippen molar-refractivity contribution in [2.75, 3.05) is 11.9 Å². The van der Waals surface area contributed by atoms with E-state index in [2.05, 4.69) is 15.6 Å². The molecule has 6 heteroatoms. The molecule has 0 atom stereocenters. The van der Waals surface area contributed by atoms with Gasteiger partial charge < -0.3 is 10.6 Å². The van der Waals surface area contributed by atoms with Gasteiger partial charge in [0.05, 0.1) is 5.69 Å². The van der Waals surface area contributed by atoms with E-state index in [1.54, 1.807) is 0 Å². The first-order chi connectivity index (χ1) is 12.6. The summed E-state index contributed by atoms with van der Waals surface area (Å²) in [4.78, 5) is 29.5. The van der Waals surface area contributed by atoms with Crippen LogP contribution in [0, 0.1) is 23.2 Å². The third-order valence-electron chi connectivity index (χ3n) is 6.92. The van der Waals surface area contributed by atoms with Crippen LogP contribution in [-0.2, 0) is 9.59 Å². The smallest absolute Gasteiger partial charge is 0.227 e. The Bertz CT molecular complexity index is 689. The fraction of sp³-hybridized carbons (Fsp3) is 0.750. The van der Waals surface area contributed by atoms with Crippen molar-refractivity contribution in [3.63, 3.8) is 0 Å². The van der Waals surface area contributed by atoms with Crippen LogP contribution < -0.4 is 10.6 Å². The van der Waals surface area contributed by atoms with Crippen LogP contribution in [0.5, 0.6) is 0 Å². The van der Waals surface area contributed by atoms with Crippen molar-refractivity contribution < 1.29 is 9.59 Å². The molecule has 1 aromatic rings. The molecule has 0 radical (unpaired) electrons.